The van der Waals surface area contributed by atoms with Crippen molar-refractivity contribution in [3.8, 4) is 0 Å². The van der Waals surface area contributed by atoms with Crippen molar-refractivity contribution in [1.82, 2.24) is 5.32 Å². The molecular formula is C17H24N2O3S. The molecule has 1 N–H and O–H groups in total. The van der Waals surface area contributed by atoms with Crippen molar-refractivity contribution in [1.29, 1.82) is 0 Å². The lowest BCUT2D eigenvalue weighted by Gasteiger charge is -2.29. The number of rotatable bonds is 6. The van der Waals surface area contributed by atoms with Crippen LogP contribution in [0.2, 0.25) is 0 Å². The first-order valence-electron chi connectivity index (χ1n) is 8.12. The Balaban J connectivity index is 1.83. The molecule has 0 aliphatic heterocycles. The van der Waals surface area contributed by atoms with Crippen molar-refractivity contribution < 1.29 is 9.72 Å². The van der Waals surface area contributed by atoms with Crippen LogP contribution in [0.4, 0.5) is 5.69 Å². The molecule has 1 saturated carbocycles. The molecular weight excluding hydrogens is 312 g/mol. The molecule has 1 aromatic rings. The Kier molecular flexibility index (Phi) is 6.45. The van der Waals surface area contributed by atoms with Crippen LogP contribution in [-0.4, -0.2) is 22.6 Å². The molecule has 2 rings (SSSR count). The molecule has 6 heteroatoms. The zero-order chi connectivity index (χ0) is 16.8. The summed E-state index contributed by atoms with van der Waals surface area (Å²) in [6.45, 7) is 4.17. The van der Waals surface area contributed by atoms with E-state index < -0.39 is 4.92 Å². The topological polar surface area (TPSA) is 72.2 Å². The zero-order valence-electron chi connectivity index (χ0n) is 13.7. The van der Waals surface area contributed by atoms with Gasteiger partial charge in [-0.2, -0.15) is 0 Å². The molecule has 23 heavy (non-hydrogen) atoms. The Hall–Kier alpha value is -1.56. The number of hydrogen-bond donors (Lipinski definition) is 1. The third kappa shape index (κ3) is 5.23. The summed E-state index contributed by atoms with van der Waals surface area (Å²) in [7, 11) is 0. The van der Waals surface area contributed by atoms with Gasteiger partial charge in [0.25, 0.3) is 5.69 Å². The molecule has 1 amide bonds. The molecule has 0 spiro atoms. The largest absolute Gasteiger partial charge is 0.352 e. The van der Waals surface area contributed by atoms with Crippen LogP contribution in [0.1, 0.15) is 50.3 Å². The Morgan fingerprint density at radius 1 is 1.43 bits per heavy atom. The summed E-state index contributed by atoms with van der Waals surface area (Å²) in [5.41, 5.74) is 0.971. The summed E-state index contributed by atoms with van der Waals surface area (Å²) >= 11 is 1.51. The lowest BCUT2D eigenvalue weighted by molar-refractivity contribution is -0.384. The van der Waals surface area contributed by atoms with Gasteiger partial charge in [0.2, 0.25) is 5.91 Å². The van der Waals surface area contributed by atoms with Crippen molar-refractivity contribution in [3.05, 3.63) is 39.9 Å². The van der Waals surface area contributed by atoms with Crippen LogP contribution in [0.3, 0.4) is 0 Å². The molecule has 1 aliphatic carbocycles. The van der Waals surface area contributed by atoms with Crippen LogP contribution in [0.5, 0.6) is 0 Å². The number of carbonyl (C=O) groups excluding carboxylic acids is 1. The fourth-order valence-corrected chi connectivity index (χ4v) is 3.79. The first-order valence-corrected chi connectivity index (χ1v) is 9.17. The number of benzene rings is 1. The van der Waals surface area contributed by atoms with E-state index in [0.29, 0.717) is 17.7 Å². The second kappa shape index (κ2) is 8.34. The van der Waals surface area contributed by atoms with Crippen LogP contribution in [0.15, 0.2) is 24.3 Å². The van der Waals surface area contributed by atoms with Crippen LogP contribution >= 0.6 is 11.8 Å². The Morgan fingerprint density at radius 3 is 2.87 bits per heavy atom. The first-order chi connectivity index (χ1) is 11.0. The summed E-state index contributed by atoms with van der Waals surface area (Å²) in [4.78, 5) is 22.6. The van der Waals surface area contributed by atoms with Crippen molar-refractivity contribution in [2.75, 3.05) is 5.75 Å². The predicted molar refractivity (Wildman–Crippen MR) is 93.5 cm³/mol. The number of thioether (sulfide) groups is 1. The molecule has 5 nitrogen and oxygen atoms in total. The van der Waals surface area contributed by atoms with Crippen molar-refractivity contribution in [2.45, 2.75) is 50.8 Å². The van der Waals surface area contributed by atoms with E-state index in [0.717, 1.165) is 12.0 Å². The normalized spacial score (nSPS) is 22.3. The van der Waals surface area contributed by atoms with E-state index in [1.54, 1.807) is 12.1 Å². The van der Waals surface area contributed by atoms with Crippen LogP contribution in [0.25, 0.3) is 0 Å². The Bertz CT molecular complexity index is 565. The molecule has 0 heterocycles. The number of amides is 1. The highest BCUT2D eigenvalue weighted by molar-refractivity contribution is 8.00. The number of non-ortho nitro benzene ring substituents is 1. The summed E-state index contributed by atoms with van der Waals surface area (Å²) < 4.78 is 0. The van der Waals surface area contributed by atoms with Crippen LogP contribution < -0.4 is 5.32 Å². The molecule has 1 aliphatic rings. The molecule has 0 saturated heterocycles. The quantitative estimate of drug-likeness (QED) is 0.627. The van der Waals surface area contributed by atoms with Gasteiger partial charge in [-0.15, -0.1) is 11.8 Å². The molecule has 0 unspecified atom stereocenters. The molecule has 1 fully saturated rings. The zero-order valence-corrected chi connectivity index (χ0v) is 14.5. The average Bonchev–Trinajstić information content (AvgIpc) is 2.55. The smallest absolute Gasteiger partial charge is 0.269 e. The SMILES string of the molecule is C[C@H](SCC(=O)N[C@H]1CCCC[C@@H]1C)c1cccc([N+](=O)[O-])c1. The van der Waals surface area contributed by atoms with E-state index in [1.165, 1.54) is 37.1 Å². The van der Waals surface area contributed by atoms with Gasteiger partial charge < -0.3 is 5.32 Å². The number of carbonyl (C=O) groups is 1. The molecule has 0 bridgehead atoms. The minimum atomic E-state index is -0.391. The first kappa shape index (κ1) is 17.8. The van der Waals surface area contributed by atoms with Crippen molar-refractivity contribution in [3.63, 3.8) is 0 Å². The van der Waals surface area contributed by atoms with Gasteiger partial charge in [0.15, 0.2) is 0 Å². The maximum Gasteiger partial charge on any atom is 0.269 e. The number of hydrogen-bond acceptors (Lipinski definition) is 4. The van der Waals surface area contributed by atoms with E-state index in [9.17, 15) is 14.9 Å². The lowest BCUT2D eigenvalue weighted by Crippen LogP contribution is -2.41. The van der Waals surface area contributed by atoms with Gasteiger partial charge in [-0.25, -0.2) is 0 Å². The predicted octanol–water partition coefficient (Wildman–Crippen LogP) is 4.08. The minimum Gasteiger partial charge on any atom is -0.352 e. The maximum atomic E-state index is 12.1. The number of nitro benzene ring substituents is 1. The van der Waals surface area contributed by atoms with Gasteiger partial charge in [0.1, 0.15) is 0 Å². The standard InChI is InChI=1S/C17H24N2O3S/c1-12-6-3-4-9-16(12)18-17(20)11-23-13(2)14-7-5-8-15(10-14)19(21)22/h5,7-8,10,12-13,16H,3-4,6,9,11H2,1-2H3,(H,18,20)/t12-,13-,16-/m0/s1. The average molecular weight is 336 g/mol. The fourth-order valence-electron chi connectivity index (χ4n) is 2.97. The third-order valence-electron chi connectivity index (χ3n) is 4.47. The van der Waals surface area contributed by atoms with Crippen molar-refractivity contribution >= 4 is 23.4 Å². The third-order valence-corrected chi connectivity index (χ3v) is 5.67. The summed E-state index contributed by atoms with van der Waals surface area (Å²) in [5.74, 6) is 0.991. The highest BCUT2D eigenvalue weighted by Crippen LogP contribution is 2.30. The number of nitro groups is 1. The number of nitrogens with one attached hydrogen (secondary N) is 1. The molecule has 3 atom stereocenters. The van der Waals surface area contributed by atoms with Gasteiger partial charge in [-0.1, -0.05) is 31.9 Å². The van der Waals surface area contributed by atoms with E-state index >= 15 is 0 Å². The molecule has 0 radical (unpaired) electrons. The van der Waals surface area contributed by atoms with Crippen LogP contribution in [-0.2, 0) is 4.79 Å². The molecule has 1 aromatic carbocycles. The van der Waals surface area contributed by atoms with Gasteiger partial charge in [-0.3, -0.25) is 14.9 Å². The van der Waals surface area contributed by atoms with Gasteiger partial charge in [0, 0.05) is 23.4 Å². The minimum absolute atomic E-state index is 0.0458. The number of nitrogens with zero attached hydrogens (tertiary/aromatic N) is 1. The van der Waals surface area contributed by atoms with E-state index in [2.05, 4.69) is 12.2 Å². The van der Waals surface area contributed by atoms with Gasteiger partial charge in [-0.05, 0) is 31.2 Å². The van der Waals surface area contributed by atoms with E-state index in [1.807, 2.05) is 13.0 Å². The van der Waals surface area contributed by atoms with Crippen LogP contribution in [0, 0.1) is 16.0 Å². The second-order valence-corrected chi connectivity index (χ2v) is 7.57. The van der Waals surface area contributed by atoms with Gasteiger partial charge >= 0.3 is 0 Å². The van der Waals surface area contributed by atoms with Gasteiger partial charge in [0.05, 0.1) is 10.7 Å². The molecule has 126 valence electrons. The second-order valence-electron chi connectivity index (χ2n) is 6.24. The maximum absolute atomic E-state index is 12.1. The highest BCUT2D eigenvalue weighted by Gasteiger charge is 2.23. The molecule has 0 aromatic heterocycles. The Morgan fingerprint density at radius 2 is 2.17 bits per heavy atom. The van der Waals surface area contributed by atoms with E-state index in [4.69, 9.17) is 0 Å². The summed E-state index contributed by atoms with van der Waals surface area (Å²) in [6, 6.07) is 6.92. The summed E-state index contributed by atoms with van der Waals surface area (Å²) in [6.07, 6.45) is 4.69. The summed E-state index contributed by atoms with van der Waals surface area (Å²) in [5, 5.41) is 14.0. The lowest BCUT2D eigenvalue weighted by atomic mass is 9.86. The van der Waals surface area contributed by atoms with Crippen molar-refractivity contribution in [2.24, 2.45) is 5.92 Å². The fraction of sp³-hybridized carbons (Fsp3) is 0.588. The Labute approximate surface area is 141 Å². The highest BCUT2D eigenvalue weighted by atomic mass is 32.2. The van der Waals surface area contributed by atoms with E-state index in [-0.39, 0.29) is 16.8 Å². The monoisotopic (exact) mass is 336 g/mol.